The van der Waals surface area contributed by atoms with Gasteiger partial charge in [-0.05, 0) is 73.5 Å². The minimum absolute atomic E-state index is 0.0222. The zero-order valence-corrected chi connectivity index (χ0v) is 14.7. The van der Waals surface area contributed by atoms with Crippen molar-refractivity contribution in [2.75, 3.05) is 5.32 Å². The summed E-state index contributed by atoms with van der Waals surface area (Å²) in [6, 6.07) is 7.22. The van der Waals surface area contributed by atoms with Gasteiger partial charge in [0.2, 0.25) is 0 Å². The lowest BCUT2D eigenvalue weighted by atomic mass is 9.43. The maximum atomic E-state index is 12.6. The molecule has 2 N–H and O–H groups in total. The van der Waals surface area contributed by atoms with E-state index in [2.05, 4.69) is 24.5 Å². The lowest BCUT2D eigenvalue weighted by Crippen LogP contribution is -2.65. The van der Waals surface area contributed by atoms with Gasteiger partial charge in [-0.2, -0.15) is 0 Å². The second-order valence-corrected chi connectivity index (χ2v) is 9.44. The topological polar surface area (TPSA) is 41.1 Å². The second kappa shape index (κ2) is 4.89. The highest BCUT2D eigenvalue weighted by Gasteiger charge is 2.60. The SMILES string of the molecule is CC12CC3CC(C)(C1)CC(NC(=O)Nc1cccc(Cl)c1)(C3)C2. The Kier molecular flexibility index (Phi) is 3.26. The molecule has 4 fully saturated rings. The fraction of sp³-hybridized carbons (Fsp3) is 0.632. The Hall–Kier alpha value is -1.22. The van der Waals surface area contributed by atoms with Gasteiger partial charge in [-0.25, -0.2) is 4.79 Å². The molecule has 4 saturated carbocycles. The lowest BCUT2D eigenvalue weighted by Gasteiger charge is -2.65. The van der Waals surface area contributed by atoms with Gasteiger partial charge in [0.25, 0.3) is 0 Å². The van der Waals surface area contributed by atoms with E-state index >= 15 is 0 Å². The quantitative estimate of drug-likeness (QED) is 0.766. The van der Waals surface area contributed by atoms with Crippen LogP contribution in [0.3, 0.4) is 0 Å². The van der Waals surface area contributed by atoms with Crippen LogP contribution >= 0.6 is 11.6 Å². The van der Waals surface area contributed by atoms with Gasteiger partial charge < -0.3 is 10.6 Å². The smallest absolute Gasteiger partial charge is 0.319 e. The average Bonchev–Trinajstić information content (AvgIpc) is 2.32. The van der Waals surface area contributed by atoms with E-state index in [-0.39, 0.29) is 11.6 Å². The molecule has 1 aromatic rings. The highest BCUT2D eigenvalue weighted by Crippen LogP contribution is 2.66. The van der Waals surface area contributed by atoms with E-state index in [1.54, 1.807) is 6.07 Å². The monoisotopic (exact) mass is 332 g/mol. The molecule has 1 aromatic carbocycles. The summed E-state index contributed by atoms with van der Waals surface area (Å²) >= 11 is 5.99. The molecule has 2 amide bonds. The summed E-state index contributed by atoms with van der Waals surface area (Å²) < 4.78 is 0. The summed E-state index contributed by atoms with van der Waals surface area (Å²) in [7, 11) is 0. The molecule has 0 heterocycles. The fourth-order valence-electron chi connectivity index (χ4n) is 6.56. The van der Waals surface area contributed by atoms with Gasteiger partial charge in [0.15, 0.2) is 0 Å². The number of hydrogen-bond acceptors (Lipinski definition) is 1. The van der Waals surface area contributed by atoms with Gasteiger partial charge in [0.1, 0.15) is 0 Å². The van der Waals surface area contributed by atoms with E-state index in [1.807, 2.05) is 18.2 Å². The number of nitrogens with one attached hydrogen (secondary N) is 2. The van der Waals surface area contributed by atoms with Crippen molar-refractivity contribution in [3.63, 3.8) is 0 Å². The van der Waals surface area contributed by atoms with Crippen LogP contribution in [-0.4, -0.2) is 11.6 Å². The minimum atomic E-state index is -0.0959. The summed E-state index contributed by atoms with van der Waals surface area (Å²) in [5.41, 5.74) is 1.53. The minimum Gasteiger partial charge on any atom is -0.332 e. The number of anilines is 1. The Bertz CT molecular complexity index is 641. The van der Waals surface area contributed by atoms with Gasteiger partial charge in [0.05, 0.1) is 0 Å². The average molecular weight is 333 g/mol. The van der Waals surface area contributed by atoms with Crippen LogP contribution < -0.4 is 10.6 Å². The summed E-state index contributed by atoms with van der Waals surface area (Å²) in [4.78, 5) is 12.6. The number of halogens is 1. The standard InChI is InChI=1S/C19H25ClN2O/c1-17-7-13-8-18(2,10-17)12-19(9-13,11-17)22-16(23)21-15-5-3-4-14(20)6-15/h3-6,13H,7-12H2,1-2H3,(H2,21,22,23). The van der Waals surface area contributed by atoms with Crippen LogP contribution in [-0.2, 0) is 0 Å². The molecule has 2 unspecified atom stereocenters. The van der Waals surface area contributed by atoms with Crippen LogP contribution in [0.25, 0.3) is 0 Å². The van der Waals surface area contributed by atoms with Crippen molar-refractivity contribution in [1.82, 2.24) is 5.32 Å². The highest BCUT2D eigenvalue weighted by molar-refractivity contribution is 6.30. The summed E-state index contributed by atoms with van der Waals surface area (Å²) in [6.07, 6.45) is 7.37. The van der Waals surface area contributed by atoms with E-state index < -0.39 is 0 Å². The van der Waals surface area contributed by atoms with Gasteiger partial charge in [-0.1, -0.05) is 31.5 Å². The van der Waals surface area contributed by atoms with Crippen LogP contribution in [0.4, 0.5) is 10.5 Å². The second-order valence-electron chi connectivity index (χ2n) is 9.00. The Balaban J connectivity index is 1.51. The number of amides is 2. The number of rotatable bonds is 2. The Labute approximate surface area is 143 Å². The first kappa shape index (κ1) is 15.3. The number of carbonyl (C=O) groups excluding carboxylic acids is 1. The highest BCUT2D eigenvalue weighted by atomic mass is 35.5. The molecule has 0 saturated heterocycles. The van der Waals surface area contributed by atoms with E-state index in [4.69, 9.17) is 11.6 Å². The molecule has 4 heteroatoms. The van der Waals surface area contributed by atoms with Crippen LogP contribution in [0, 0.1) is 16.7 Å². The first-order valence-corrected chi connectivity index (χ1v) is 9.00. The van der Waals surface area contributed by atoms with Crippen LogP contribution in [0.5, 0.6) is 0 Å². The molecule has 124 valence electrons. The van der Waals surface area contributed by atoms with E-state index in [1.165, 1.54) is 19.3 Å². The van der Waals surface area contributed by atoms with Crippen LogP contribution in [0.2, 0.25) is 5.02 Å². The van der Waals surface area contributed by atoms with Crippen molar-refractivity contribution in [1.29, 1.82) is 0 Å². The maximum absolute atomic E-state index is 12.6. The van der Waals surface area contributed by atoms with Crippen molar-refractivity contribution >= 4 is 23.3 Å². The third kappa shape index (κ3) is 2.84. The normalized spacial score (nSPS) is 40.9. The summed E-state index contributed by atoms with van der Waals surface area (Å²) in [6.45, 7) is 4.84. The van der Waals surface area contributed by atoms with Crippen molar-refractivity contribution in [2.24, 2.45) is 16.7 Å². The van der Waals surface area contributed by atoms with Gasteiger partial charge in [0, 0.05) is 16.2 Å². The Morgan fingerprint density at radius 3 is 2.43 bits per heavy atom. The first-order valence-electron chi connectivity index (χ1n) is 8.62. The lowest BCUT2D eigenvalue weighted by molar-refractivity contribution is -0.113. The molecule has 4 bridgehead atoms. The molecular formula is C19H25ClN2O. The summed E-state index contributed by atoms with van der Waals surface area (Å²) in [5.74, 6) is 0.771. The van der Waals surface area contributed by atoms with Crippen molar-refractivity contribution in [2.45, 2.75) is 57.9 Å². The molecule has 0 aliphatic heterocycles. The Morgan fingerprint density at radius 1 is 1.13 bits per heavy atom. The number of benzene rings is 1. The molecular weight excluding hydrogens is 308 g/mol. The van der Waals surface area contributed by atoms with Gasteiger partial charge in [-0.15, -0.1) is 0 Å². The largest absolute Gasteiger partial charge is 0.332 e. The van der Waals surface area contributed by atoms with E-state index in [9.17, 15) is 4.79 Å². The zero-order valence-electron chi connectivity index (χ0n) is 13.9. The Morgan fingerprint density at radius 2 is 1.83 bits per heavy atom. The maximum Gasteiger partial charge on any atom is 0.319 e. The number of urea groups is 1. The van der Waals surface area contributed by atoms with E-state index in [0.717, 1.165) is 30.9 Å². The fourth-order valence-corrected chi connectivity index (χ4v) is 6.75. The molecule has 4 aliphatic carbocycles. The molecule has 3 nitrogen and oxygen atoms in total. The van der Waals surface area contributed by atoms with Crippen LogP contribution in [0.1, 0.15) is 52.4 Å². The van der Waals surface area contributed by atoms with Crippen molar-refractivity contribution in [3.8, 4) is 0 Å². The molecule has 4 aliphatic rings. The molecule has 23 heavy (non-hydrogen) atoms. The van der Waals surface area contributed by atoms with Gasteiger partial charge >= 0.3 is 6.03 Å². The molecule has 2 atom stereocenters. The molecule has 5 rings (SSSR count). The molecule has 0 spiro atoms. The van der Waals surface area contributed by atoms with Crippen LogP contribution in [0.15, 0.2) is 24.3 Å². The predicted molar refractivity (Wildman–Crippen MR) is 93.7 cm³/mol. The third-order valence-corrected chi connectivity index (χ3v) is 6.32. The van der Waals surface area contributed by atoms with Crippen molar-refractivity contribution < 1.29 is 4.79 Å². The van der Waals surface area contributed by atoms with Gasteiger partial charge in [-0.3, -0.25) is 0 Å². The zero-order chi connectivity index (χ0) is 16.3. The molecule has 0 radical (unpaired) electrons. The predicted octanol–water partition coefficient (Wildman–Crippen LogP) is 5.21. The molecule has 0 aromatic heterocycles. The number of carbonyl (C=O) groups is 1. The first-order chi connectivity index (χ1) is 10.8. The van der Waals surface area contributed by atoms with E-state index in [0.29, 0.717) is 15.9 Å². The number of hydrogen-bond donors (Lipinski definition) is 2. The van der Waals surface area contributed by atoms with Crippen molar-refractivity contribution in [3.05, 3.63) is 29.3 Å². The third-order valence-electron chi connectivity index (χ3n) is 6.09. The summed E-state index contributed by atoms with van der Waals surface area (Å²) in [5, 5.41) is 6.93.